The van der Waals surface area contributed by atoms with Crippen molar-refractivity contribution < 1.29 is 4.74 Å². The van der Waals surface area contributed by atoms with Gasteiger partial charge in [0.05, 0.1) is 18.5 Å². The lowest BCUT2D eigenvalue weighted by molar-refractivity contribution is 0.416. The number of ether oxygens (including phenoxy) is 1. The van der Waals surface area contributed by atoms with Gasteiger partial charge in [-0.3, -0.25) is 4.68 Å². The first-order chi connectivity index (χ1) is 10.2. The fraction of sp³-hybridized carbons (Fsp3) is 0.250. The number of fused-ring (bicyclic) bond motifs is 1. The highest BCUT2D eigenvalue weighted by Crippen LogP contribution is 2.24. The Labute approximate surface area is 123 Å². The third-order valence-electron chi connectivity index (χ3n) is 3.51. The number of anilines is 1. The van der Waals surface area contributed by atoms with E-state index in [1.165, 1.54) is 0 Å². The fourth-order valence-electron chi connectivity index (χ4n) is 2.44. The highest BCUT2D eigenvalue weighted by molar-refractivity contribution is 5.78. The molecule has 0 atom stereocenters. The van der Waals surface area contributed by atoms with Crippen molar-refractivity contribution in [1.82, 2.24) is 14.8 Å². The average molecular weight is 282 g/mol. The van der Waals surface area contributed by atoms with Crippen LogP contribution in [0.4, 0.5) is 5.69 Å². The number of benzene rings is 1. The van der Waals surface area contributed by atoms with Crippen molar-refractivity contribution >= 4 is 16.7 Å². The van der Waals surface area contributed by atoms with Gasteiger partial charge in [-0.15, -0.1) is 0 Å². The average Bonchev–Trinajstić information content (AvgIpc) is 2.80. The van der Waals surface area contributed by atoms with Gasteiger partial charge < -0.3 is 10.1 Å². The largest absolute Gasteiger partial charge is 0.495 e. The van der Waals surface area contributed by atoms with Crippen LogP contribution in [0, 0.1) is 6.92 Å². The van der Waals surface area contributed by atoms with Gasteiger partial charge in [0, 0.05) is 25.2 Å². The van der Waals surface area contributed by atoms with Crippen LogP contribution in [0.25, 0.3) is 11.0 Å². The summed E-state index contributed by atoms with van der Waals surface area (Å²) in [6, 6.07) is 10.0. The van der Waals surface area contributed by atoms with Crippen molar-refractivity contribution in [1.29, 1.82) is 0 Å². The quantitative estimate of drug-likeness (QED) is 0.799. The number of nitrogens with one attached hydrogen (secondary N) is 1. The zero-order valence-electron chi connectivity index (χ0n) is 12.4. The SMILES string of the molecule is COc1ccccc1NCc1cnc2c(c1)c(C)nn2C. The van der Waals surface area contributed by atoms with Crippen LogP contribution < -0.4 is 10.1 Å². The standard InChI is InChI=1S/C16H18N4O/c1-11-13-8-12(10-18-16(13)20(2)19-11)9-17-14-6-4-5-7-15(14)21-3/h4-8,10,17H,9H2,1-3H3. The summed E-state index contributed by atoms with van der Waals surface area (Å²) in [6.07, 6.45) is 1.88. The van der Waals surface area contributed by atoms with E-state index in [0.717, 1.165) is 33.7 Å². The number of methoxy groups -OCH3 is 1. The molecule has 21 heavy (non-hydrogen) atoms. The lowest BCUT2D eigenvalue weighted by atomic mass is 10.2. The van der Waals surface area contributed by atoms with Crippen LogP contribution in [0.3, 0.4) is 0 Å². The molecule has 2 heterocycles. The number of pyridine rings is 1. The Morgan fingerprint density at radius 3 is 2.90 bits per heavy atom. The third kappa shape index (κ3) is 2.54. The van der Waals surface area contributed by atoms with Crippen molar-refractivity contribution in [3.8, 4) is 5.75 Å². The molecule has 5 nitrogen and oxygen atoms in total. The zero-order chi connectivity index (χ0) is 14.8. The first-order valence-corrected chi connectivity index (χ1v) is 6.84. The Bertz CT molecular complexity index is 779. The Morgan fingerprint density at radius 1 is 1.29 bits per heavy atom. The van der Waals surface area contributed by atoms with Crippen LogP contribution in [-0.4, -0.2) is 21.9 Å². The van der Waals surface area contributed by atoms with Gasteiger partial charge in [-0.25, -0.2) is 4.98 Å². The van der Waals surface area contributed by atoms with Crippen molar-refractivity contribution in [2.24, 2.45) is 7.05 Å². The van der Waals surface area contributed by atoms with Gasteiger partial charge in [0.1, 0.15) is 5.75 Å². The Kier molecular flexibility index (Phi) is 3.48. The molecule has 0 aliphatic carbocycles. The van der Waals surface area contributed by atoms with Gasteiger partial charge in [-0.1, -0.05) is 12.1 Å². The smallest absolute Gasteiger partial charge is 0.157 e. The highest BCUT2D eigenvalue weighted by Gasteiger charge is 2.07. The number of hydrogen-bond acceptors (Lipinski definition) is 4. The summed E-state index contributed by atoms with van der Waals surface area (Å²) in [5.74, 6) is 0.837. The molecule has 0 saturated carbocycles. The van der Waals surface area contributed by atoms with E-state index in [1.54, 1.807) is 7.11 Å². The molecule has 0 saturated heterocycles. The number of para-hydroxylation sites is 2. The van der Waals surface area contributed by atoms with Gasteiger partial charge in [0.2, 0.25) is 0 Å². The molecule has 0 unspecified atom stereocenters. The van der Waals surface area contributed by atoms with Crippen LogP contribution >= 0.6 is 0 Å². The molecule has 3 rings (SSSR count). The van der Waals surface area contributed by atoms with Crippen molar-refractivity contribution in [2.75, 3.05) is 12.4 Å². The van der Waals surface area contributed by atoms with E-state index in [2.05, 4.69) is 21.5 Å². The Balaban J connectivity index is 1.83. The lowest BCUT2D eigenvalue weighted by Gasteiger charge is -2.10. The van der Waals surface area contributed by atoms with E-state index >= 15 is 0 Å². The van der Waals surface area contributed by atoms with E-state index in [-0.39, 0.29) is 0 Å². The summed E-state index contributed by atoms with van der Waals surface area (Å²) >= 11 is 0. The maximum Gasteiger partial charge on any atom is 0.157 e. The molecule has 3 aromatic rings. The van der Waals surface area contributed by atoms with Crippen molar-refractivity contribution in [3.05, 3.63) is 47.8 Å². The molecule has 0 fully saturated rings. The minimum Gasteiger partial charge on any atom is -0.495 e. The number of aromatic nitrogens is 3. The second-order valence-corrected chi connectivity index (χ2v) is 4.98. The highest BCUT2D eigenvalue weighted by atomic mass is 16.5. The molecule has 0 aliphatic heterocycles. The van der Waals surface area contributed by atoms with Crippen LogP contribution in [-0.2, 0) is 13.6 Å². The monoisotopic (exact) mass is 282 g/mol. The number of rotatable bonds is 4. The van der Waals surface area contributed by atoms with E-state index in [1.807, 2.05) is 49.1 Å². The van der Waals surface area contributed by atoms with E-state index in [4.69, 9.17) is 4.74 Å². The molecular formula is C16H18N4O. The number of nitrogens with zero attached hydrogens (tertiary/aromatic N) is 3. The molecule has 0 radical (unpaired) electrons. The topological polar surface area (TPSA) is 52.0 Å². The predicted molar refractivity (Wildman–Crippen MR) is 83.6 cm³/mol. The van der Waals surface area contributed by atoms with Crippen LogP contribution in [0.2, 0.25) is 0 Å². The lowest BCUT2D eigenvalue weighted by Crippen LogP contribution is -2.02. The fourth-order valence-corrected chi connectivity index (χ4v) is 2.44. The van der Waals surface area contributed by atoms with Gasteiger partial charge in [0.25, 0.3) is 0 Å². The summed E-state index contributed by atoms with van der Waals surface area (Å²) in [7, 11) is 3.59. The summed E-state index contributed by atoms with van der Waals surface area (Å²) < 4.78 is 7.14. The summed E-state index contributed by atoms with van der Waals surface area (Å²) in [6.45, 7) is 2.69. The second kappa shape index (κ2) is 5.44. The van der Waals surface area contributed by atoms with Crippen LogP contribution in [0.5, 0.6) is 5.75 Å². The van der Waals surface area contributed by atoms with Crippen molar-refractivity contribution in [3.63, 3.8) is 0 Å². The molecular weight excluding hydrogens is 264 g/mol. The minimum atomic E-state index is 0.692. The van der Waals surface area contributed by atoms with Crippen molar-refractivity contribution in [2.45, 2.75) is 13.5 Å². The minimum absolute atomic E-state index is 0.692. The Morgan fingerprint density at radius 2 is 2.10 bits per heavy atom. The van der Waals surface area contributed by atoms with Gasteiger partial charge >= 0.3 is 0 Å². The van der Waals surface area contributed by atoms with Crippen LogP contribution in [0.15, 0.2) is 36.5 Å². The summed E-state index contributed by atoms with van der Waals surface area (Å²) in [4.78, 5) is 4.49. The molecule has 1 N–H and O–H groups in total. The molecule has 0 amide bonds. The van der Waals surface area contributed by atoms with E-state index < -0.39 is 0 Å². The van der Waals surface area contributed by atoms with Gasteiger partial charge in [-0.05, 0) is 30.7 Å². The molecule has 0 aliphatic rings. The maximum absolute atomic E-state index is 5.33. The van der Waals surface area contributed by atoms with Gasteiger partial charge in [0.15, 0.2) is 5.65 Å². The zero-order valence-corrected chi connectivity index (χ0v) is 12.4. The predicted octanol–water partition coefficient (Wildman–Crippen LogP) is 2.90. The molecule has 5 heteroatoms. The molecule has 2 aromatic heterocycles. The molecule has 0 spiro atoms. The molecule has 1 aromatic carbocycles. The van der Waals surface area contributed by atoms with Crippen LogP contribution in [0.1, 0.15) is 11.3 Å². The normalized spacial score (nSPS) is 10.8. The number of aryl methyl sites for hydroxylation is 2. The van der Waals surface area contributed by atoms with E-state index in [9.17, 15) is 0 Å². The Hall–Kier alpha value is -2.56. The maximum atomic E-state index is 5.33. The second-order valence-electron chi connectivity index (χ2n) is 4.98. The first-order valence-electron chi connectivity index (χ1n) is 6.84. The van der Waals surface area contributed by atoms with E-state index in [0.29, 0.717) is 6.54 Å². The number of hydrogen-bond donors (Lipinski definition) is 1. The first kappa shape index (κ1) is 13.4. The molecule has 0 bridgehead atoms. The summed E-state index contributed by atoms with van der Waals surface area (Å²) in [5, 5.41) is 8.86. The summed E-state index contributed by atoms with van der Waals surface area (Å²) in [5.41, 5.74) is 4.00. The third-order valence-corrected chi connectivity index (χ3v) is 3.51. The van der Waals surface area contributed by atoms with Gasteiger partial charge in [-0.2, -0.15) is 5.10 Å². The molecule has 108 valence electrons.